The van der Waals surface area contributed by atoms with Crippen LogP contribution in [0.2, 0.25) is 0 Å². The standard InChI is InChI=1S/C23H20IN3O6S/c24-16-5-7-17(8-6-16)27-21(28)14-19(22(27)29)26(23(30)20-2-1-13-33-20)12-11-15-3-9-18(10-4-15)34(25,31)32/h1-10,13,19H,11-12,14H2,(H2,25,31,32). The molecule has 0 saturated carbocycles. The fourth-order valence-corrected chi connectivity index (χ4v) is 4.63. The SMILES string of the molecule is NS(=O)(=O)c1ccc(CCN(C(=O)c2ccco2)C2CC(=O)N(c3ccc(I)cc3)C2=O)cc1. The number of primary sulfonamides is 1. The second-order valence-electron chi connectivity index (χ2n) is 7.68. The lowest BCUT2D eigenvalue weighted by Crippen LogP contribution is -2.46. The zero-order valence-electron chi connectivity index (χ0n) is 17.8. The van der Waals surface area contributed by atoms with Crippen LogP contribution in [0.4, 0.5) is 5.69 Å². The summed E-state index contributed by atoms with van der Waals surface area (Å²) in [5.74, 6) is -1.35. The zero-order chi connectivity index (χ0) is 24.5. The summed E-state index contributed by atoms with van der Waals surface area (Å²) in [6.45, 7) is 0.110. The van der Waals surface area contributed by atoms with E-state index in [9.17, 15) is 22.8 Å². The Hall–Kier alpha value is -3.03. The molecule has 1 fully saturated rings. The van der Waals surface area contributed by atoms with E-state index in [2.05, 4.69) is 22.6 Å². The van der Waals surface area contributed by atoms with Crippen molar-refractivity contribution in [3.05, 3.63) is 81.8 Å². The van der Waals surface area contributed by atoms with Crippen LogP contribution in [-0.4, -0.2) is 43.6 Å². The number of hydrogen-bond acceptors (Lipinski definition) is 6. The smallest absolute Gasteiger partial charge is 0.290 e. The normalized spacial score (nSPS) is 16.2. The van der Waals surface area contributed by atoms with Gasteiger partial charge in [0.05, 0.1) is 23.3 Å². The molecule has 1 aromatic heterocycles. The summed E-state index contributed by atoms with van der Waals surface area (Å²) in [7, 11) is -3.82. The molecule has 2 heterocycles. The van der Waals surface area contributed by atoms with Crippen LogP contribution in [0.15, 0.2) is 76.2 Å². The Morgan fingerprint density at radius 2 is 1.76 bits per heavy atom. The summed E-state index contributed by atoms with van der Waals surface area (Å²) < 4.78 is 29.2. The van der Waals surface area contributed by atoms with Crippen molar-refractivity contribution in [2.24, 2.45) is 5.14 Å². The highest BCUT2D eigenvalue weighted by Gasteiger charge is 2.44. The van der Waals surface area contributed by atoms with E-state index in [0.717, 1.165) is 14.0 Å². The van der Waals surface area contributed by atoms with E-state index < -0.39 is 33.8 Å². The molecule has 176 valence electrons. The molecule has 1 aliphatic heterocycles. The number of furan rings is 1. The van der Waals surface area contributed by atoms with Crippen LogP contribution in [0.25, 0.3) is 0 Å². The molecule has 11 heteroatoms. The van der Waals surface area contributed by atoms with Gasteiger partial charge < -0.3 is 9.32 Å². The van der Waals surface area contributed by atoms with Gasteiger partial charge in [-0.2, -0.15) is 0 Å². The largest absolute Gasteiger partial charge is 0.459 e. The van der Waals surface area contributed by atoms with Gasteiger partial charge in [0.25, 0.3) is 11.8 Å². The van der Waals surface area contributed by atoms with Gasteiger partial charge in [0.1, 0.15) is 6.04 Å². The number of carbonyl (C=O) groups is 3. The van der Waals surface area contributed by atoms with Crippen molar-refractivity contribution in [3.8, 4) is 0 Å². The third-order valence-electron chi connectivity index (χ3n) is 5.47. The lowest BCUT2D eigenvalue weighted by molar-refractivity contribution is -0.122. The van der Waals surface area contributed by atoms with Gasteiger partial charge in [-0.05, 0) is 83.1 Å². The Balaban J connectivity index is 1.59. The average molecular weight is 593 g/mol. The van der Waals surface area contributed by atoms with Crippen LogP contribution in [-0.2, 0) is 26.0 Å². The molecule has 3 amide bonds. The first-order valence-corrected chi connectivity index (χ1v) is 12.9. The number of hydrogen-bond donors (Lipinski definition) is 1. The number of benzene rings is 2. The van der Waals surface area contributed by atoms with Gasteiger partial charge in [0.15, 0.2) is 5.76 Å². The maximum absolute atomic E-state index is 13.3. The zero-order valence-corrected chi connectivity index (χ0v) is 20.7. The fourth-order valence-electron chi connectivity index (χ4n) is 3.76. The predicted octanol–water partition coefficient (Wildman–Crippen LogP) is 2.55. The molecule has 34 heavy (non-hydrogen) atoms. The van der Waals surface area contributed by atoms with Gasteiger partial charge in [-0.25, -0.2) is 18.5 Å². The second-order valence-corrected chi connectivity index (χ2v) is 10.5. The van der Waals surface area contributed by atoms with Gasteiger partial charge in [0.2, 0.25) is 15.9 Å². The molecule has 4 rings (SSSR count). The highest BCUT2D eigenvalue weighted by molar-refractivity contribution is 14.1. The molecule has 0 radical (unpaired) electrons. The summed E-state index contributed by atoms with van der Waals surface area (Å²) in [5, 5.41) is 5.14. The summed E-state index contributed by atoms with van der Waals surface area (Å²) in [6.07, 6.45) is 1.53. The minimum Gasteiger partial charge on any atom is -0.459 e. The Morgan fingerprint density at radius 1 is 1.09 bits per heavy atom. The first-order chi connectivity index (χ1) is 16.1. The molecule has 2 aromatic carbocycles. The molecular formula is C23H20IN3O6S. The molecule has 9 nitrogen and oxygen atoms in total. The molecule has 1 saturated heterocycles. The van der Waals surface area contributed by atoms with E-state index in [-0.39, 0.29) is 23.6 Å². The van der Waals surface area contributed by atoms with Crippen LogP contribution >= 0.6 is 22.6 Å². The highest BCUT2D eigenvalue weighted by atomic mass is 127. The number of sulfonamides is 1. The van der Waals surface area contributed by atoms with Crippen molar-refractivity contribution in [2.75, 3.05) is 11.4 Å². The van der Waals surface area contributed by atoms with Crippen molar-refractivity contribution in [2.45, 2.75) is 23.8 Å². The molecule has 2 N–H and O–H groups in total. The van der Waals surface area contributed by atoms with Gasteiger partial charge in [-0.1, -0.05) is 12.1 Å². The maximum Gasteiger partial charge on any atom is 0.290 e. The molecule has 3 aromatic rings. The van der Waals surface area contributed by atoms with Crippen molar-refractivity contribution >= 4 is 56.0 Å². The Kier molecular flexibility index (Phi) is 6.86. The molecule has 1 unspecified atom stereocenters. The van der Waals surface area contributed by atoms with Gasteiger partial charge in [0, 0.05) is 10.1 Å². The minimum atomic E-state index is -3.82. The molecule has 0 spiro atoms. The van der Waals surface area contributed by atoms with E-state index in [1.165, 1.54) is 29.4 Å². The molecule has 1 aliphatic rings. The lowest BCUT2D eigenvalue weighted by atomic mass is 10.1. The molecule has 0 bridgehead atoms. The van der Waals surface area contributed by atoms with Crippen LogP contribution in [0.1, 0.15) is 22.5 Å². The summed E-state index contributed by atoms with van der Waals surface area (Å²) in [5.41, 5.74) is 1.18. The highest BCUT2D eigenvalue weighted by Crippen LogP contribution is 2.27. The second kappa shape index (κ2) is 9.68. The Morgan fingerprint density at radius 3 is 2.35 bits per heavy atom. The van der Waals surface area contributed by atoms with E-state index in [0.29, 0.717) is 12.1 Å². The third-order valence-corrected chi connectivity index (χ3v) is 7.12. The van der Waals surface area contributed by atoms with Gasteiger partial charge in [-0.3, -0.25) is 14.4 Å². The number of halogens is 1. The van der Waals surface area contributed by atoms with Crippen LogP contribution in [0, 0.1) is 3.57 Å². The fraction of sp³-hybridized carbons (Fsp3) is 0.174. The Bertz CT molecular complexity index is 1320. The van der Waals surface area contributed by atoms with E-state index in [1.54, 1.807) is 42.5 Å². The van der Waals surface area contributed by atoms with Crippen molar-refractivity contribution in [1.29, 1.82) is 0 Å². The van der Waals surface area contributed by atoms with Crippen LogP contribution < -0.4 is 10.0 Å². The Labute approximate surface area is 209 Å². The molecule has 1 atom stereocenters. The first-order valence-electron chi connectivity index (χ1n) is 10.2. The number of carbonyl (C=O) groups excluding carboxylic acids is 3. The predicted molar refractivity (Wildman–Crippen MR) is 131 cm³/mol. The molecule has 0 aliphatic carbocycles. The van der Waals surface area contributed by atoms with E-state index in [1.807, 2.05) is 0 Å². The van der Waals surface area contributed by atoms with Crippen molar-refractivity contribution in [1.82, 2.24) is 4.90 Å². The van der Waals surface area contributed by atoms with Gasteiger partial charge >= 0.3 is 0 Å². The van der Waals surface area contributed by atoms with Crippen LogP contribution in [0.3, 0.4) is 0 Å². The average Bonchev–Trinajstić information content (AvgIpc) is 3.43. The summed E-state index contributed by atoms with van der Waals surface area (Å²) in [6, 6.07) is 15.0. The number of nitrogens with zero attached hydrogens (tertiary/aromatic N) is 2. The third kappa shape index (κ3) is 5.05. The lowest BCUT2D eigenvalue weighted by Gasteiger charge is -2.27. The van der Waals surface area contributed by atoms with Gasteiger partial charge in [-0.15, -0.1) is 0 Å². The maximum atomic E-state index is 13.3. The van der Waals surface area contributed by atoms with E-state index >= 15 is 0 Å². The minimum absolute atomic E-state index is 0.0236. The summed E-state index contributed by atoms with van der Waals surface area (Å²) in [4.78, 5) is 41.7. The van der Waals surface area contributed by atoms with E-state index in [4.69, 9.17) is 9.56 Å². The number of rotatable bonds is 7. The number of amides is 3. The number of nitrogens with two attached hydrogens (primary N) is 1. The topological polar surface area (TPSA) is 131 Å². The monoisotopic (exact) mass is 593 g/mol. The number of imide groups is 1. The van der Waals surface area contributed by atoms with Crippen molar-refractivity contribution in [3.63, 3.8) is 0 Å². The van der Waals surface area contributed by atoms with Crippen molar-refractivity contribution < 1.29 is 27.2 Å². The molecular weight excluding hydrogens is 573 g/mol. The van der Waals surface area contributed by atoms with Crippen LogP contribution in [0.5, 0.6) is 0 Å². The summed E-state index contributed by atoms with van der Waals surface area (Å²) >= 11 is 2.13. The first kappa shape index (κ1) is 24.1. The quantitative estimate of drug-likeness (QED) is 0.331. The number of anilines is 1.